The molecule has 2 rings (SSSR count). The lowest BCUT2D eigenvalue weighted by Gasteiger charge is -2.31. The van der Waals surface area contributed by atoms with Crippen molar-refractivity contribution in [1.29, 1.82) is 5.26 Å². The van der Waals surface area contributed by atoms with Gasteiger partial charge in [-0.25, -0.2) is 8.42 Å². The zero-order chi connectivity index (χ0) is 14.8. The van der Waals surface area contributed by atoms with Crippen LogP contribution < -0.4 is 5.73 Å². The summed E-state index contributed by atoms with van der Waals surface area (Å²) in [4.78, 5) is 1.89. The number of likely N-dealkylation sites (N-methyl/N-ethyl adjacent to an activating group) is 1. The molecule has 1 saturated heterocycles. The van der Waals surface area contributed by atoms with Crippen LogP contribution >= 0.6 is 0 Å². The quantitative estimate of drug-likeness (QED) is 0.872. The molecular formula is C14H19N3O2S. The fourth-order valence-electron chi connectivity index (χ4n) is 2.57. The molecule has 0 aliphatic carbocycles. The van der Waals surface area contributed by atoms with Gasteiger partial charge in [0.25, 0.3) is 0 Å². The molecule has 2 atom stereocenters. The molecule has 2 N–H and O–H groups in total. The van der Waals surface area contributed by atoms with Crippen molar-refractivity contribution in [2.75, 3.05) is 25.1 Å². The van der Waals surface area contributed by atoms with Gasteiger partial charge in [0.2, 0.25) is 0 Å². The third-order valence-corrected chi connectivity index (χ3v) is 5.57. The number of hydrogen-bond acceptors (Lipinski definition) is 5. The Bertz CT molecular complexity index is 609. The SMILES string of the molecule is CN(CC(N)(C#N)c1ccccc1)C1CCS(=O)(=O)C1. The number of sulfone groups is 1. The van der Waals surface area contributed by atoms with Crippen molar-refractivity contribution < 1.29 is 8.42 Å². The highest BCUT2D eigenvalue weighted by molar-refractivity contribution is 7.91. The lowest BCUT2D eigenvalue weighted by molar-refractivity contribution is 0.224. The predicted molar refractivity (Wildman–Crippen MR) is 77.6 cm³/mol. The predicted octanol–water partition coefficient (Wildman–Crippen LogP) is 0.483. The Hall–Kier alpha value is -1.42. The first kappa shape index (κ1) is 15.0. The van der Waals surface area contributed by atoms with Gasteiger partial charge in [-0.05, 0) is 19.0 Å². The Morgan fingerprint density at radius 1 is 1.45 bits per heavy atom. The second-order valence-corrected chi connectivity index (χ2v) is 7.65. The van der Waals surface area contributed by atoms with Crippen LogP contribution in [-0.4, -0.2) is 44.5 Å². The van der Waals surface area contributed by atoms with Gasteiger partial charge in [-0.1, -0.05) is 30.3 Å². The Labute approximate surface area is 119 Å². The van der Waals surface area contributed by atoms with E-state index in [1.54, 1.807) is 0 Å². The second kappa shape index (κ2) is 5.52. The van der Waals surface area contributed by atoms with E-state index in [0.29, 0.717) is 13.0 Å². The van der Waals surface area contributed by atoms with Crippen LogP contribution in [0, 0.1) is 11.3 Å². The summed E-state index contributed by atoms with van der Waals surface area (Å²) in [5, 5.41) is 9.41. The molecule has 0 aromatic heterocycles. The third kappa shape index (κ3) is 3.18. The fraction of sp³-hybridized carbons (Fsp3) is 0.500. The van der Waals surface area contributed by atoms with Crippen molar-refractivity contribution in [2.24, 2.45) is 5.73 Å². The molecule has 0 saturated carbocycles. The number of nitriles is 1. The Kier molecular flexibility index (Phi) is 4.14. The van der Waals surface area contributed by atoms with Crippen molar-refractivity contribution in [2.45, 2.75) is 18.0 Å². The second-order valence-electron chi connectivity index (χ2n) is 5.42. The topological polar surface area (TPSA) is 87.2 Å². The van der Waals surface area contributed by atoms with E-state index >= 15 is 0 Å². The number of benzene rings is 1. The molecule has 0 amide bonds. The van der Waals surface area contributed by atoms with Gasteiger partial charge in [-0.3, -0.25) is 4.90 Å². The van der Waals surface area contributed by atoms with E-state index < -0.39 is 15.4 Å². The highest BCUT2D eigenvalue weighted by atomic mass is 32.2. The van der Waals surface area contributed by atoms with Crippen LogP contribution in [0.4, 0.5) is 0 Å². The van der Waals surface area contributed by atoms with Gasteiger partial charge < -0.3 is 5.73 Å². The zero-order valence-electron chi connectivity index (χ0n) is 11.5. The van der Waals surface area contributed by atoms with Gasteiger partial charge in [-0.15, -0.1) is 0 Å². The van der Waals surface area contributed by atoms with E-state index in [4.69, 9.17) is 5.73 Å². The number of rotatable bonds is 4. The third-order valence-electron chi connectivity index (χ3n) is 3.82. The summed E-state index contributed by atoms with van der Waals surface area (Å²) in [5.74, 6) is 0.372. The molecule has 5 nitrogen and oxygen atoms in total. The summed E-state index contributed by atoms with van der Waals surface area (Å²) in [6.45, 7) is 0.313. The van der Waals surface area contributed by atoms with Crippen LogP contribution in [0.15, 0.2) is 30.3 Å². The minimum absolute atomic E-state index is 0.0556. The zero-order valence-corrected chi connectivity index (χ0v) is 12.3. The highest BCUT2D eigenvalue weighted by Crippen LogP contribution is 2.22. The molecule has 2 unspecified atom stereocenters. The van der Waals surface area contributed by atoms with Crippen LogP contribution in [0.2, 0.25) is 0 Å². The van der Waals surface area contributed by atoms with Crippen LogP contribution in [0.3, 0.4) is 0 Å². The molecule has 1 heterocycles. The minimum Gasteiger partial charge on any atom is -0.309 e. The monoisotopic (exact) mass is 293 g/mol. The van der Waals surface area contributed by atoms with E-state index in [2.05, 4.69) is 6.07 Å². The Morgan fingerprint density at radius 2 is 2.10 bits per heavy atom. The van der Waals surface area contributed by atoms with E-state index in [1.807, 2.05) is 42.3 Å². The molecule has 0 radical (unpaired) electrons. The maximum atomic E-state index is 11.5. The van der Waals surface area contributed by atoms with Gasteiger partial charge in [0.15, 0.2) is 9.84 Å². The van der Waals surface area contributed by atoms with E-state index in [0.717, 1.165) is 5.56 Å². The van der Waals surface area contributed by atoms with E-state index in [9.17, 15) is 13.7 Å². The summed E-state index contributed by atoms with van der Waals surface area (Å²) >= 11 is 0. The largest absolute Gasteiger partial charge is 0.309 e. The summed E-state index contributed by atoms with van der Waals surface area (Å²) in [5.41, 5.74) is 5.83. The molecule has 1 aliphatic rings. The first-order valence-electron chi connectivity index (χ1n) is 6.53. The van der Waals surface area contributed by atoms with Gasteiger partial charge in [0.1, 0.15) is 5.54 Å². The molecule has 1 aromatic carbocycles. The van der Waals surface area contributed by atoms with E-state index in [-0.39, 0.29) is 17.5 Å². The lowest BCUT2D eigenvalue weighted by Crippen LogP contribution is -2.48. The number of nitrogens with two attached hydrogens (primary N) is 1. The molecule has 20 heavy (non-hydrogen) atoms. The molecule has 0 bridgehead atoms. The van der Waals surface area contributed by atoms with Gasteiger partial charge >= 0.3 is 0 Å². The van der Waals surface area contributed by atoms with Gasteiger partial charge in [0, 0.05) is 12.6 Å². The summed E-state index contributed by atoms with van der Waals surface area (Å²) < 4.78 is 23.1. The number of hydrogen-bond donors (Lipinski definition) is 1. The Balaban J connectivity index is 2.13. The molecular weight excluding hydrogens is 274 g/mol. The van der Waals surface area contributed by atoms with Crippen molar-refractivity contribution >= 4 is 9.84 Å². The van der Waals surface area contributed by atoms with Gasteiger partial charge in [0.05, 0.1) is 17.6 Å². The number of nitrogens with zero attached hydrogens (tertiary/aromatic N) is 2. The van der Waals surface area contributed by atoms with Crippen molar-refractivity contribution in [1.82, 2.24) is 4.90 Å². The summed E-state index contributed by atoms with van der Waals surface area (Å²) in [6.07, 6.45) is 0.606. The fourth-order valence-corrected chi connectivity index (χ4v) is 4.38. The average molecular weight is 293 g/mol. The first-order chi connectivity index (χ1) is 9.36. The lowest BCUT2D eigenvalue weighted by atomic mass is 9.91. The molecule has 1 aromatic rings. The maximum Gasteiger partial charge on any atom is 0.151 e. The molecule has 108 valence electrons. The highest BCUT2D eigenvalue weighted by Gasteiger charge is 2.35. The van der Waals surface area contributed by atoms with Crippen LogP contribution in [0.25, 0.3) is 0 Å². The van der Waals surface area contributed by atoms with Crippen LogP contribution in [0.5, 0.6) is 0 Å². The molecule has 6 heteroatoms. The molecule has 1 aliphatic heterocycles. The summed E-state index contributed by atoms with van der Waals surface area (Å²) in [7, 11) is -1.11. The standard InChI is InChI=1S/C14H19N3O2S/c1-17(13-7-8-20(18,19)9-13)11-14(16,10-15)12-5-3-2-4-6-12/h2-6,13H,7-9,11,16H2,1H3. The van der Waals surface area contributed by atoms with Crippen molar-refractivity contribution in [3.8, 4) is 6.07 Å². The van der Waals surface area contributed by atoms with Crippen LogP contribution in [0.1, 0.15) is 12.0 Å². The molecule has 1 fully saturated rings. The maximum absolute atomic E-state index is 11.5. The van der Waals surface area contributed by atoms with Crippen molar-refractivity contribution in [3.05, 3.63) is 35.9 Å². The molecule has 0 spiro atoms. The minimum atomic E-state index is -2.93. The smallest absolute Gasteiger partial charge is 0.151 e. The summed E-state index contributed by atoms with van der Waals surface area (Å²) in [6, 6.07) is 11.3. The first-order valence-corrected chi connectivity index (χ1v) is 8.35. The van der Waals surface area contributed by atoms with Gasteiger partial charge in [-0.2, -0.15) is 5.26 Å². The van der Waals surface area contributed by atoms with Crippen molar-refractivity contribution in [3.63, 3.8) is 0 Å². The van der Waals surface area contributed by atoms with E-state index in [1.165, 1.54) is 0 Å². The normalized spacial score (nSPS) is 24.2. The average Bonchev–Trinajstić information content (AvgIpc) is 2.80. The van der Waals surface area contributed by atoms with Crippen LogP contribution in [-0.2, 0) is 15.4 Å². The Morgan fingerprint density at radius 3 is 2.60 bits per heavy atom.